The Kier molecular flexibility index (Phi) is 4.17. The fraction of sp³-hybridized carbons (Fsp3) is 0.636. The third-order valence-electron chi connectivity index (χ3n) is 2.46. The lowest BCUT2D eigenvalue weighted by Gasteiger charge is -2.26. The zero-order valence-electron chi connectivity index (χ0n) is 8.81. The highest BCUT2D eigenvalue weighted by Crippen LogP contribution is 2.22. The van der Waals surface area contributed by atoms with E-state index >= 15 is 0 Å². The molecule has 3 N–H and O–H groups in total. The van der Waals surface area contributed by atoms with Gasteiger partial charge in [0.15, 0.2) is 0 Å². The van der Waals surface area contributed by atoms with Crippen molar-refractivity contribution in [3.8, 4) is 0 Å². The highest BCUT2D eigenvalue weighted by Gasteiger charge is 2.22. The molecule has 0 bridgehead atoms. The van der Waals surface area contributed by atoms with Gasteiger partial charge in [-0.05, 0) is 19.9 Å². The SMILES string of the molecule is CCOC1=CC=CC([C@H](N)[C@H](C)O)C1. The second-order valence-electron chi connectivity index (χ2n) is 3.64. The quantitative estimate of drug-likeness (QED) is 0.711. The predicted octanol–water partition coefficient (Wildman–Crippen LogP) is 1.19. The molecule has 0 spiro atoms. The van der Waals surface area contributed by atoms with Gasteiger partial charge in [-0.25, -0.2) is 0 Å². The molecule has 0 aromatic heterocycles. The van der Waals surface area contributed by atoms with Crippen molar-refractivity contribution in [3.63, 3.8) is 0 Å². The van der Waals surface area contributed by atoms with E-state index < -0.39 is 6.10 Å². The lowest BCUT2D eigenvalue weighted by atomic mass is 9.89. The molecule has 0 aromatic carbocycles. The molecule has 14 heavy (non-hydrogen) atoms. The van der Waals surface area contributed by atoms with Crippen LogP contribution in [-0.4, -0.2) is 23.9 Å². The summed E-state index contributed by atoms with van der Waals surface area (Å²) in [5.41, 5.74) is 5.87. The molecule has 0 saturated carbocycles. The van der Waals surface area contributed by atoms with E-state index in [0.717, 1.165) is 12.2 Å². The third kappa shape index (κ3) is 2.86. The minimum Gasteiger partial charge on any atom is -0.498 e. The first kappa shape index (κ1) is 11.3. The van der Waals surface area contributed by atoms with Crippen molar-refractivity contribution in [1.82, 2.24) is 0 Å². The maximum atomic E-state index is 9.37. The Labute approximate surface area is 85.3 Å². The van der Waals surface area contributed by atoms with Crippen LogP contribution in [-0.2, 0) is 4.74 Å². The fourth-order valence-corrected chi connectivity index (χ4v) is 1.59. The summed E-state index contributed by atoms with van der Waals surface area (Å²) in [4.78, 5) is 0. The Morgan fingerprint density at radius 3 is 3.00 bits per heavy atom. The van der Waals surface area contributed by atoms with Crippen LogP contribution in [0.2, 0.25) is 0 Å². The van der Waals surface area contributed by atoms with Crippen LogP contribution in [0.25, 0.3) is 0 Å². The van der Waals surface area contributed by atoms with Gasteiger partial charge in [0.05, 0.1) is 18.5 Å². The molecule has 0 aromatic rings. The van der Waals surface area contributed by atoms with Crippen LogP contribution in [0.5, 0.6) is 0 Å². The van der Waals surface area contributed by atoms with Crippen molar-refractivity contribution < 1.29 is 9.84 Å². The molecule has 1 aliphatic carbocycles. The maximum absolute atomic E-state index is 9.37. The van der Waals surface area contributed by atoms with E-state index in [2.05, 4.69) is 0 Å². The molecule has 0 saturated heterocycles. The third-order valence-corrected chi connectivity index (χ3v) is 2.46. The molecule has 0 fully saturated rings. The lowest BCUT2D eigenvalue weighted by molar-refractivity contribution is 0.134. The first-order valence-corrected chi connectivity index (χ1v) is 5.09. The van der Waals surface area contributed by atoms with E-state index in [4.69, 9.17) is 10.5 Å². The van der Waals surface area contributed by atoms with Gasteiger partial charge in [-0.2, -0.15) is 0 Å². The molecule has 1 aliphatic rings. The molecule has 3 heteroatoms. The molecule has 3 nitrogen and oxygen atoms in total. The summed E-state index contributed by atoms with van der Waals surface area (Å²) in [5, 5.41) is 9.37. The van der Waals surface area contributed by atoms with Gasteiger partial charge in [0.1, 0.15) is 0 Å². The first-order valence-electron chi connectivity index (χ1n) is 5.09. The number of rotatable bonds is 4. The number of hydrogen-bond donors (Lipinski definition) is 2. The van der Waals surface area contributed by atoms with Crippen LogP contribution in [0.4, 0.5) is 0 Å². The van der Waals surface area contributed by atoms with Gasteiger partial charge in [-0.3, -0.25) is 0 Å². The Morgan fingerprint density at radius 2 is 2.43 bits per heavy atom. The predicted molar refractivity (Wildman–Crippen MR) is 56.6 cm³/mol. The molecular weight excluding hydrogens is 178 g/mol. The number of aliphatic hydroxyl groups excluding tert-OH is 1. The van der Waals surface area contributed by atoms with E-state index in [0.29, 0.717) is 6.61 Å². The number of hydrogen-bond acceptors (Lipinski definition) is 3. The van der Waals surface area contributed by atoms with Crippen LogP contribution >= 0.6 is 0 Å². The highest BCUT2D eigenvalue weighted by molar-refractivity contribution is 5.17. The van der Waals surface area contributed by atoms with Crippen LogP contribution in [0.15, 0.2) is 24.0 Å². The molecule has 0 radical (unpaired) electrons. The summed E-state index contributed by atoms with van der Waals surface area (Å²) in [7, 11) is 0. The standard InChI is InChI=1S/C11H19NO2/c1-3-14-10-6-4-5-9(7-10)11(12)8(2)13/h4-6,8-9,11,13H,3,7,12H2,1-2H3/t8-,9?,11+/m0/s1. The number of aliphatic hydroxyl groups is 1. The average molecular weight is 197 g/mol. The van der Waals surface area contributed by atoms with Crippen LogP contribution < -0.4 is 5.73 Å². The van der Waals surface area contributed by atoms with Crippen molar-refractivity contribution in [1.29, 1.82) is 0 Å². The minimum absolute atomic E-state index is 0.182. The Bertz CT molecular complexity index is 233. The van der Waals surface area contributed by atoms with E-state index in [1.165, 1.54) is 0 Å². The smallest absolute Gasteiger partial charge is 0.0965 e. The molecule has 0 heterocycles. The van der Waals surface area contributed by atoms with Gasteiger partial charge >= 0.3 is 0 Å². The van der Waals surface area contributed by atoms with Gasteiger partial charge in [-0.15, -0.1) is 0 Å². The van der Waals surface area contributed by atoms with Crippen molar-refractivity contribution in [2.24, 2.45) is 11.7 Å². The van der Waals surface area contributed by atoms with E-state index in [1.54, 1.807) is 6.92 Å². The topological polar surface area (TPSA) is 55.5 Å². The molecule has 0 aliphatic heterocycles. The van der Waals surface area contributed by atoms with Crippen LogP contribution in [0, 0.1) is 5.92 Å². The van der Waals surface area contributed by atoms with Crippen LogP contribution in [0.1, 0.15) is 20.3 Å². The van der Waals surface area contributed by atoms with Gasteiger partial charge in [-0.1, -0.05) is 12.2 Å². The van der Waals surface area contributed by atoms with Crippen LogP contribution in [0.3, 0.4) is 0 Å². The van der Waals surface area contributed by atoms with Gasteiger partial charge in [0.2, 0.25) is 0 Å². The minimum atomic E-state index is -0.481. The lowest BCUT2D eigenvalue weighted by Crippen LogP contribution is -2.39. The molecule has 1 rings (SSSR count). The largest absolute Gasteiger partial charge is 0.498 e. The van der Waals surface area contributed by atoms with Gasteiger partial charge in [0, 0.05) is 18.4 Å². The average Bonchev–Trinajstić information content (AvgIpc) is 2.17. The zero-order chi connectivity index (χ0) is 10.6. The summed E-state index contributed by atoms with van der Waals surface area (Å²) in [6.07, 6.45) is 6.23. The summed E-state index contributed by atoms with van der Waals surface area (Å²) in [6.45, 7) is 4.36. The summed E-state index contributed by atoms with van der Waals surface area (Å²) < 4.78 is 5.42. The van der Waals surface area contributed by atoms with Crippen molar-refractivity contribution in [3.05, 3.63) is 24.0 Å². The maximum Gasteiger partial charge on any atom is 0.0965 e. The van der Waals surface area contributed by atoms with Crippen molar-refractivity contribution >= 4 is 0 Å². The number of allylic oxidation sites excluding steroid dienone is 3. The zero-order valence-corrected chi connectivity index (χ0v) is 8.81. The Balaban J connectivity index is 2.53. The summed E-state index contributed by atoms with van der Waals surface area (Å²) >= 11 is 0. The van der Waals surface area contributed by atoms with Gasteiger partial charge in [0.25, 0.3) is 0 Å². The number of nitrogens with two attached hydrogens (primary N) is 1. The summed E-state index contributed by atoms with van der Waals surface area (Å²) in [6, 6.07) is -0.213. The second-order valence-corrected chi connectivity index (χ2v) is 3.64. The molecular formula is C11H19NO2. The fourth-order valence-electron chi connectivity index (χ4n) is 1.59. The highest BCUT2D eigenvalue weighted by atomic mass is 16.5. The summed E-state index contributed by atoms with van der Waals surface area (Å²) in [5.74, 6) is 1.14. The normalized spacial score (nSPS) is 25.4. The van der Waals surface area contributed by atoms with Crippen molar-refractivity contribution in [2.75, 3.05) is 6.61 Å². The molecule has 0 amide bonds. The van der Waals surface area contributed by atoms with E-state index in [1.807, 2.05) is 25.2 Å². The molecule has 1 unspecified atom stereocenters. The first-order chi connectivity index (χ1) is 6.65. The monoisotopic (exact) mass is 197 g/mol. The van der Waals surface area contributed by atoms with Crippen molar-refractivity contribution in [2.45, 2.75) is 32.4 Å². The Hall–Kier alpha value is -0.800. The van der Waals surface area contributed by atoms with E-state index in [-0.39, 0.29) is 12.0 Å². The molecule has 3 atom stereocenters. The second kappa shape index (κ2) is 5.17. The molecule has 80 valence electrons. The van der Waals surface area contributed by atoms with Gasteiger partial charge < -0.3 is 15.6 Å². The Morgan fingerprint density at radius 1 is 1.71 bits per heavy atom. The number of ether oxygens (including phenoxy) is 1. The van der Waals surface area contributed by atoms with E-state index in [9.17, 15) is 5.11 Å².